The summed E-state index contributed by atoms with van der Waals surface area (Å²) in [6.45, 7) is 1.95. The predicted octanol–water partition coefficient (Wildman–Crippen LogP) is 2.87. The van der Waals surface area contributed by atoms with Crippen LogP contribution in [-0.2, 0) is 6.42 Å². The molecule has 0 saturated heterocycles. The molecule has 0 aliphatic heterocycles. The molecule has 0 amide bonds. The zero-order chi connectivity index (χ0) is 9.42. The summed E-state index contributed by atoms with van der Waals surface area (Å²) in [7, 11) is 0. The molecule has 1 aromatic heterocycles. The Morgan fingerprint density at radius 2 is 2.15 bits per heavy atom. The Morgan fingerprint density at radius 3 is 2.85 bits per heavy atom. The summed E-state index contributed by atoms with van der Waals surface area (Å²) in [6.07, 6.45) is 0.729. The number of fused-ring (bicyclic) bond motifs is 1. The third-order valence-corrected chi connectivity index (χ3v) is 3.07. The molecule has 2 aromatic rings. The molecule has 0 unspecified atom stereocenters. The first kappa shape index (κ1) is 8.38. The minimum absolute atomic E-state index is 0.255. The number of rotatable bonds is 1. The molecule has 2 rings (SSSR count). The number of benzene rings is 1. The van der Waals surface area contributed by atoms with Crippen LogP contribution in [-0.4, -0.2) is 10.2 Å². The Labute approximate surface area is 80.1 Å². The van der Waals surface area contributed by atoms with E-state index in [4.69, 9.17) is 0 Å². The standard InChI is InChI=1S/C10H10O2S/c1-2-6-5-8(11)7-3-4-13-10(7)9(6)12/h3-5,11-12H,2H2,1H3. The van der Waals surface area contributed by atoms with E-state index in [-0.39, 0.29) is 5.75 Å². The Morgan fingerprint density at radius 1 is 1.38 bits per heavy atom. The highest BCUT2D eigenvalue weighted by atomic mass is 32.1. The molecule has 0 aliphatic rings. The van der Waals surface area contributed by atoms with Crippen LogP contribution in [0.15, 0.2) is 17.5 Å². The maximum absolute atomic E-state index is 9.76. The summed E-state index contributed by atoms with van der Waals surface area (Å²) >= 11 is 1.45. The van der Waals surface area contributed by atoms with Crippen molar-refractivity contribution >= 4 is 21.4 Å². The molecular weight excluding hydrogens is 184 g/mol. The quantitative estimate of drug-likeness (QED) is 0.685. The number of aryl methyl sites for hydroxylation is 1. The third kappa shape index (κ3) is 1.16. The summed E-state index contributed by atoms with van der Waals surface area (Å²) in [6, 6.07) is 3.44. The third-order valence-electron chi connectivity index (χ3n) is 2.15. The van der Waals surface area contributed by atoms with E-state index in [0.717, 1.165) is 22.1 Å². The number of thiophene rings is 1. The number of hydrogen-bond acceptors (Lipinski definition) is 3. The topological polar surface area (TPSA) is 40.5 Å². The van der Waals surface area contributed by atoms with Crippen molar-refractivity contribution in [3.8, 4) is 11.5 Å². The van der Waals surface area contributed by atoms with Gasteiger partial charge >= 0.3 is 0 Å². The number of phenolic OH excluding ortho intramolecular Hbond substituents is 2. The van der Waals surface area contributed by atoms with Gasteiger partial charge in [0.15, 0.2) is 0 Å². The van der Waals surface area contributed by atoms with E-state index in [1.165, 1.54) is 11.3 Å². The van der Waals surface area contributed by atoms with E-state index in [0.29, 0.717) is 5.75 Å². The molecule has 0 aliphatic carbocycles. The fraction of sp³-hybridized carbons (Fsp3) is 0.200. The lowest BCUT2D eigenvalue weighted by atomic mass is 10.1. The largest absolute Gasteiger partial charge is 0.507 e. The molecule has 2 nitrogen and oxygen atoms in total. The zero-order valence-corrected chi connectivity index (χ0v) is 8.06. The fourth-order valence-electron chi connectivity index (χ4n) is 1.42. The summed E-state index contributed by atoms with van der Waals surface area (Å²) in [5.74, 6) is 0.566. The SMILES string of the molecule is CCc1cc(O)c2ccsc2c1O. The zero-order valence-electron chi connectivity index (χ0n) is 7.24. The summed E-state index contributed by atoms with van der Waals surface area (Å²) in [5.41, 5.74) is 0.799. The fourth-order valence-corrected chi connectivity index (χ4v) is 2.30. The highest BCUT2D eigenvalue weighted by Gasteiger charge is 2.10. The van der Waals surface area contributed by atoms with Gasteiger partial charge < -0.3 is 10.2 Å². The van der Waals surface area contributed by atoms with Gasteiger partial charge in [-0.05, 0) is 29.5 Å². The second kappa shape index (κ2) is 2.92. The van der Waals surface area contributed by atoms with Crippen LogP contribution in [0.5, 0.6) is 11.5 Å². The van der Waals surface area contributed by atoms with Crippen LogP contribution in [0.4, 0.5) is 0 Å². The molecule has 1 heterocycles. The molecule has 1 aromatic carbocycles. The highest BCUT2D eigenvalue weighted by molar-refractivity contribution is 7.17. The van der Waals surface area contributed by atoms with E-state index in [1.807, 2.05) is 18.4 Å². The average Bonchev–Trinajstić information content (AvgIpc) is 2.60. The smallest absolute Gasteiger partial charge is 0.136 e. The monoisotopic (exact) mass is 194 g/mol. The Kier molecular flexibility index (Phi) is 1.88. The van der Waals surface area contributed by atoms with Gasteiger partial charge in [-0.25, -0.2) is 0 Å². The van der Waals surface area contributed by atoms with Crippen molar-refractivity contribution in [2.24, 2.45) is 0 Å². The predicted molar refractivity (Wildman–Crippen MR) is 54.5 cm³/mol. The van der Waals surface area contributed by atoms with Crippen molar-refractivity contribution in [2.45, 2.75) is 13.3 Å². The van der Waals surface area contributed by atoms with E-state index >= 15 is 0 Å². The highest BCUT2D eigenvalue weighted by Crippen LogP contribution is 2.38. The van der Waals surface area contributed by atoms with Crippen LogP contribution in [0.25, 0.3) is 10.1 Å². The first-order valence-electron chi connectivity index (χ1n) is 4.15. The van der Waals surface area contributed by atoms with Crippen molar-refractivity contribution in [1.82, 2.24) is 0 Å². The molecular formula is C10H10O2S. The van der Waals surface area contributed by atoms with E-state index in [1.54, 1.807) is 6.07 Å². The van der Waals surface area contributed by atoms with Gasteiger partial charge in [0.05, 0.1) is 4.70 Å². The van der Waals surface area contributed by atoms with Crippen molar-refractivity contribution in [3.05, 3.63) is 23.1 Å². The molecule has 2 N–H and O–H groups in total. The van der Waals surface area contributed by atoms with Crippen LogP contribution in [0.2, 0.25) is 0 Å². The van der Waals surface area contributed by atoms with E-state index in [9.17, 15) is 10.2 Å². The lowest BCUT2D eigenvalue weighted by Crippen LogP contribution is -1.81. The summed E-state index contributed by atoms with van der Waals surface area (Å²) in [5, 5.41) is 22.0. The first-order valence-corrected chi connectivity index (χ1v) is 5.03. The maximum atomic E-state index is 9.76. The lowest BCUT2D eigenvalue weighted by molar-refractivity contribution is 0.465. The molecule has 0 radical (unpaired) electrons. The van der Waals surface area contributed by atoms with Crippen LogP contribution < -0.4 is 0 Å². The van der Waals surface area contributed by atoms with Gasteiger partial charge in [-0.15, -0.1) is 11.3 Å². The number of hydrogen-bond donors (Lipinski definition) is 2. The van der Waals surface area contributed by atoms with Gasteiger partial charge in [-0.1, -0.05) is 6.92 Å². The van der Waals surface area contributed by atoms with Gasteiger partial charge in [0, 0.05) is 5.39 Å². The molecule has 0 fully saturated rings. The van der Waals surface area contributed by atoms with Crippen molar-refractivity contribution in [3.63, 3.8) is 0 Å². The molecule has 0 saturated carbocycles. The van der Waals surface area contributed by atoms with Gasteiger partial charge in [0.1, 0.15) is 11.5 Å². The lowest BCUT2D eigenvalue weighted by Gasteiger charge is -2.04. The summed E-state index contributed by atoms with van der Waals surface area (Å²) in [4.78, 5) is 0. The average molecular weight is 194 g/mol. The van der Waals surface area contributed by atoms with Gasteiger partial charge in [-0.3, -0.25) is 0 Å². The minimum Gasteiger partial charge on any atom is -0.507 e. The summed E-state index contributed by atoms with van der Waals surface area (Å²) < 4.78 is 0.775. The second-order valence-electron chi connectivity index (χ2n) is 2.92. The van der Waals surface area contributed by atoms with Gasteiger partial charge in [-0.2, -0.15) is 0 Å². The van der Waals surface area contributed by atoms with Crippen LogP contribution in [0, 0.1) is 0 Å². The molecule has 3 heteroatoms. The van der Waals surface area contributed by atoms with Crippen molar-refractivity contribution < 1.29 is 10.2 Å². The van der Waals surface area contributed by atoms with Crippen LogP contribution in [0.1, 0.15) is 12.5 Å². The molecule has 0 bridgehead atoms. The van der Waals surface area contributed by atoms with Crippen LogP contribution >= 0.6 is 11.3 Å². The second-order valence-corrected chi connectivity index (χ2v) is 3.84. The Bertz CT molecular complexity index is 445. The molecule has 68 valence electrons. The van der Waals surface area contributed by atoms with Gasteiger partial charge in [0.25, 0.3) is 0 Å². The maximum Gasteiger partial charge on any atom is 0.136 e. The van der Waals surface area contributed by atoms with E-state index < -0.39 is 0 Å². The number of aromatic hydroxyl groups is 2. The van der Waals surface area contributed by atoms with E-state index in [2.05, 4.69) is 0 Å². The molecule has 13 heavy (non-hydrogen) atoms. The Balaban J connectivity index is 2.85. The first-order chi connectivity index (χ1) is 6.24. The van der Waals surface area contributed by atoms with Crippen molar-refractivity contribution in [2.75, 3.05) is 0 Å². The normalized spacial score (nSPS) is 10.8. The Hall–Kier alpha value is -1.22. The molecule has 0 atom stereocenters. The molecule has 0 spiro atoms. The minimum atomic E-state index is 0.255. The van der Waals surface area contributed by atoms with Gasteiger partial charge in [0.2, 0.25) is 0 Å². The van der Waals surface area contributed by atoms with Crippen molar-refractivity contribution in [1.29, 1.82) is 0 Å². The number of phenols is 2. The van der Waals surface area contributed by atoms with Crippen LogP contribution in [0.3, 0.4) is 0 Å².